The molecule has 0 saturated carbocycles. The van der Waals surface area contributed by atoms with E-state index in [0.717, 1.165) is 33.2 Å². The Balaban J connectivity index is 1.49. The molecule has 1 unspecified atom stereocenters. The van der Waals surface area contributed by atoms with Crippen molar-refractivity contribution >= 4 is 52.5 Å². The van der Waals surface area contributed by atoms with Gasteiger partial charge in [0.15, 0.2) is 5.88 Å². The fraction of sp³-hybridized carbons (Fsp3) is 0.348. The van der Waals surface area contributed by atoms with Gasteiger partial charge in [-0.25, -0.2) is 0 Å². The summed E-state index contributed by atoms with van der Waals surface area (Å²) in [6.45, 7) is 5.61. The van der Waals surface area contributed by atoms with Crippen molar-refractivity contribution in [3.8, 4) is 0 Å². The van der Waals surface area contributed by atoms with Gasteiger partial charge in [0.1, 0.15) is 12.7 Å². The molecule has 2 saturated heterocycles. The number of carbonyl (C=O) groups is 3. The van der Waals surface area contributed by atoms with E-state index in [1.54, 1.807) is 17.0 Å². The second-order valence-electron chi connectivity index (χ2n) is 7.94. The highest BCUT2D eigenvalue weighted by atomic mass is 35.5. The van der Waals surface area contributed by atoms with Gasteiger partial charge in [-0.05, 0) is 55.8 Å². The minimum Gasteiger partial charge on any atom is -0.472 e. The average molecular weight is 490 g/mol. The number of hydrogen-bond donors (Lipinski definition) is 0. The van der Waals surface area contributed by atoms with Crippen LogP contribution in [0.15, 0.2) is 47.9 Å². The lowest BCUT2D eigenvalue weighted by molar-refractivity contribution is -0.125. The first-order chi connectivity index (χ1) is 15.9. The van der Waals surface area contributed by atoms with Crippen molar-refractivity contribution in [3.63, 3.8) is 0 Å². The SMILES string of the molecule is CC(C)=C1OC(CN(C=O)C(=O)c2ccc(Cl)s2)CN1c1ccc(N2CCOCC2=O)cc1. The minimum absolute atomic E-state index is 0.0609. The van der Waals surface area contributed by atoms with Crippen molar-refractivity contribution in [2.75, 3.05) is 42.6 Å². The van der Waals surface area contributed by atoms with Crippen LogP contribution in [0.25, 0.3) is 0 Å². The Morgan fingerprint density at radius 3 is 2.45 bits per heavy atom. The Morgan fingerprint density at radius 2 is 1.88 bits per heavy atom. The molecule has 174 valence electrons. The number of hydrogen-bond acceptors (Lipinski definition) is 7. The molecule has 0 N–H and O–H groups in total. The van der Waals surface area contributed by atoms with E-state index in [9.17, 15) is 14.4 Å². The minimum atomic E-state index is -0.401. The van der Waals surface area contributed by atoms with E-state index in [1.165, 1.54) is 0 Å². The van der Waals surface area contributed by atoms with Crippen molar-refractivity contribution in [1.29, 1.82) is 0 Å². The van der Waals surface area contributed by atoms with Crippen molar-refractivity contribution in [2.45, 2.75) is 20.0 Å². The predicted molar refractivity (Wildman–Crippen MR) is 127 cm³/mol. The molecule has 1 aromatic heterocycles. The van der Waals surface area contributed by atoms with Crippen LogP contribution in [-0.2, 0) is 19.1 Å². The van der Waals surface area contributed by atoms with Crippen LogP contribution in [0.4, 0.5) is 11.4 Å². The topological polar surface area (TPSA) is 79.4 Å². The molecule has 1 aromatic carbocycles. The molecule has 2 aliphatic rings. The molecule has 33 heavy (non-hydrogen) atoms. The van der Waals surface area contributed by atoms with E-state index in [0.29, 0.717) is 41.2 Å². The Hall–Kier alpha value is -2.88. The standard InChI is InChI=1S/C23H24ClN3O5S/c1-15(2)23-27(17-5-3-16(4-6-17)26-9-10-31-13-21(26)29)12-18(32-23)11-25(14-28)22(30)19-7-8-20(24)33-19/h3-8,14,18H,9-13H2,1-2H3. The zero-order chi connectivity index (χ0) is 23.5. The molecule has 2 aliphatic heterocycles. The number of amides is 3. The molecule has 1 atom stereocenters. The fourth-order valence-electron chi connectivity index (χ4n) is 3.82. The van der Waals surface area contributed by atoms with Gasteiger partial charge >= 0.3 is 0 Å². The number of halogens is 1. The van der Waals surface area contributed by atoms with Gasteiger partial charge in [0.2, 0.25) is 6.41 Å². The smallest absolute Gasteiger partial charge is 0.270 e. The third-order valence-corrected chi connectivity index (χ3v) is 6.59. The van der Waals surface area contributed by atoms with Crippen LogP contribution in [0.2, 0.25) is 4.34 Å². The second kappa shape index (κ2) is 9.94. The quantitative estimate of drug-likeness (QED) is 0.578. The summed E-state index contributed by atoms with van der Waals surface area (Å²) in [5.41, 5.74) is 2.68. The average Bonchev–Trinajstić information content (AvgIpc) is 3.44. The third kappa shape index (κ3) is 5.05. The summed E-state index contributed by atoms with van der Waals surface area (Å²) in [4.78, 5) is 41.7. The Labute approximate surface area is 200 Å². The maximum atomic E-state index is 12.7. The highest BCUT2D eigenvalue weighted by Crippen LogP contribution is 2.32. The van der Waals surface area contributed by atoms with Crippen LogP contribution in [0.5, 0.6) is 0 Å². The summed E-state index contributed by atoms with van der Waals surface area (Å²) in [7, 11) is 0. The highest BCUT2D eigenvalue weighted by Gasteiger charge is 2.33. The van der Waals surface area contributed by atoms with Crippen molar-refractivity contribution in [2.24, 2.45) is 0 Å². The first-order valence-corrected chi connectivity index (χ1v) is 11.7. The van der Waals surface area contributed by atoms with Crippen LogP contribution < -0.4 is 9.80 Å². The molecular formula is C23H24ClN3O5S. The molecule has 3 heterocycles. The van der Waals surface area contributed by atoms with E-state index < -0.39 is 5.91 Å². The maximum absolute atomic E-state index is 12.7. The zero-order valence-corrected chi connectivity index (χ0v) is 19.9. The largest absolute Gasteiger partial charge is 0.472 e. The monoisotopic (exact) mass is 489 g/mol. The predicted octanol–water partition coefficient (Wildman–Crippen LogP) is 3.52. The summed E-state index contributed by atoms with van der Waals surface area (Å²) in [5.74, 6) is 0.226. The lowest BCUT2D eigenvalue weighted by Crippen LogP contribution is -2.41. The maximum Gasteiger partial charge on any atom is 0.270 e. The Bertz CT molecular complexity index is 1080. The molecule has 0 aliphatic carbocycles. The number of carbonyl (C=O) groups excluding carboxylic acids is 3. The van der Waals surface area contributed by atoms with Gasteiger partial charge in [-0.15, -0.1) is 11.3 Å². The summed E-state index contributed by atoms with van der Waals surface area (Å²) < 4.78 is 11.8. The van der Waals surface area contributed by atoms with Crippen molar-refractivity contribution in [1.82, 2.24) is 4.90 Å². The van der Waals surface area contributed by atoms with Gasteiger partial charge in [0.05, 0.1) is 28.9 Å². The van der Waals surface area contributed by atoms with Crippen LogP contribution in [-0.4, -0.2) is 62.1 Å². The van der Waals surface area contributed by atoms with Gasteiger partial charge < -0.3 is 19.3 Å². The Morgan fingerprint density at radius 1 is 1.18 bits per heavy atom. The number of benzene rings is 1. The Kier molecular flexibility index (Phi) is 7.02. The number of nitrogens with zero attached hydrogens (tertiary/aromatic N) is 3. The van der Waals surface area contributed by atoms with E-state index >= 15 is 0 Å². The van der Waals surface area contributed by atoms with Gasteiger partial charge in [-0.1, -0.05) is 11.6 Å². The number of allylic oxidation sites excluding steroid dienone is 1. The molecular weight excluding hydrogens is 466 g/mol. The number of ether oxygens (including phenoxy) is 2. The zero-order valence-electron chi connectivity index (χ0n) is 18.3. The van der Waals surface area contributed by atoms with Gasteiger partial charge in [0.25, 0.3) is 11.8 Å². The van der Waals surface area contributed by atoms with E-state index in [1.807, 2.05) is 43.0 Å². The summed E-state index contributed by atoms with van der Waals surface area (Å²) in [6, 6.07) is 10.9. The molecule has 0 spiro atoms. The molecule has 0 bridgehead atoms. The van der Waals surface area contributed by atoms with Gasteiger partial charge in [-0.3, -0.25) is 19.3 Å². The lowest BCUT2D eigenvalue weighted by atomic mass is 10.2. The summed E-state index contributed by atoms with van der Waals surface area (Å²) >= 11 is 7.06. The first kappa shape index (κ1) is 23.3. The highest BCUT2D eigenvalue weighted by molar-refractivity contribution is 7.18. The number of anilines is 2. The van der Waals surface area contributed by atoms with Gasteiger partial charge in [0, 0.05) is 17.9 Å². The number of imide groups is 1. The van der Waals surface area contributed by atoms with Crippen molar-refractivity contribution < 1.29 is 23.9 Å². The number of morpholine rings is 1. The second-order valence-corrected chi connectivity index (χ2v) is 9.65. The third-order valence-electron chi connectivity index (χ3n) is 5.37. The van der Waals surface area contributed by atoms with E-state index in [-0.39, 0.29) is 25.2 Å². The van der Waals surface area contributed by atoms with Crippen molar-refractivity contribution in [3.05, 3.63) is 57.1 Å². The summed E-state index contributed by atoms with van der Waals surface area (Å²) in [5, 5.41) is 0. The number of thiophene rings is 1. The normalized spacial score (nSPS) is 18.3. The summed E-state index contributed by atoms with van der Waals surface area (Å²) in [6.07, 6.45) is 0.137. The molecule has 8 nitrogen and oxygen atoms in total. The van der Waals surface area contributed by atoms with Crippen LogP contribution in [0.1, 0.15) is 23.5 Å². The molecule has 0 radical (unpaired) electrons. The number of rotatable bonds is 6. The lowest BCUT2D eigenvalue weighted by Gasteiger charge is -2.27. The van der Waals surface area contributed by atoms with E-state index in [4.69, 9.17) is 21.1 Å². The molecule has 2 fully saturated rings. The molecule has 2 aromatic rings. The molecule has 3 amide bonds. The van der Waals surface area contributed by atoms with Crippen LogP contribution in [0, 0.1) is 0 Å². The van der Waals surface area contributed by atoms with Crippen LogP contribution in [0.3, 0.4) is 0 Å². The van der Waals surface area contributed by atoms with Crippen LogP contribution >= 0.6 is 22.9 Å². The fourth-order valence-corrected chi connectivity index (χ4v) is 4.82. The van der Waals surface area contributed by atoms with E-state index in [2.05, 4.69) is 0 Å². The molecule has 4 rings (SSSR count). The first-order valence-electron chi connectivity index (χ1n) is 10.5. The van der Waals surface area contributed by atoms with Gasteiger partial charge in [-0.2, -0.15) is 0 Å². The molecule has 10 heteroatoms.